The molecule has 1 aliphatic rings. The third-order valence-electron chi connectivity index (χ3n) is 3.08. The van der Waals surface area contributed by atoms with Crippen molar-refractivity contribution in [3.63, 3.8) is 0 Å². The van der Waals surface area contributed by atoms with Gasteiger partial charge in [-0.05, 0) is 50.0 Å². The average Bonchev–Trinajstić information content (AvgIpc) is 2.34. The van der Waals surface area contributed by atoms with Crippen LogP contribution in [0.15, 0.2) is 18.2 Å². The van der Waals surface area contributed by atoms with E-state index in [9.17, 15) is 9.18 Å². The molecule has 0 aromatic heterocycles. The van der Waals surface area contributed by atoms with Gasteiger partial charge in [-0.2, -0.15) is 0 Å². The number of nitrogens with one attached hydrogen (secondary N) is 2. The van der Waals surface area contributed by atoms with E-state index in [1.165, 1.54) is 18.2 Å². The first-order valence-corrected chi connectivity index (χ1v) is 6.48. The van der Waals surface area contributed by atoms with Crippen molar-refractivity contribution in [2.45, 2.75) is 19.3 Å². The molecule has 5 heteroatoms. The van der Waals surface area contributed by atoms with Crippen molar-refractivity contribution >= 4 is 23.2 Å². The van der Waals surface area contributed by atoms with Gasteiger partial charge in [0.15, 0.2) is 0 Å². The van der Waals surface area contributed by atoms with Gasteiger partial charge in [0.2, 0.25) is 5.91 Å². The van der Waals surface area contributed by atoms with Crippen molar-refractivity contribution in [3.8, 4) is 0 Å². The van der Waals surface area contributed by atoms with Crippen molar-refractivity contribution in [2.75, 3.05) is 18.4 Å². The summed E-state index contributed by atoms with van der Waals surface area (Å²) in [5.74, 6) is -0.107. The van der Waals surface area contributed by atoms with E-state index in [2.05, 4.69) is 10.6 Å². The summed E-state index contributed by atoms with van der Waals surface area (Å²) in [6, 6.07) is 3.96. The van der Waals surface area contributed by atoms with Crippen molar-refractivity contribution in [1.82, 2.24) is 5.32 Å². The molecular weight excluding hydrogens is 255 g/mol. The Hall–Kier alpha value is -1.13. The fourth-order valence-corrected chi connectivity index (χ4v) is 2.37. The highest BCUT2D eigenvalue weighted by Crippen LogP contribution is 2.23. The van der Waals surface area contributed by atoms with Gasteiger partial charge in [-0.15, -0.1) is 0 Å². The minimum absolute atomic E-state index is 0.0720. The van der Waals surface area contributed by atoms with Crippen LogP contribution >= 0.6 is 11.6 Å². The summed E-state index contributed by atoms with van der Waals surface area (Å²) in [7, 11) is 0. The predicted molar refractivity (Wildman–Crippen MR) is 70.3 cm³/mol. The van der Waals surface area contributed by atoms with Gasteiger partial charge >= 0.3 is 0 Å². The standard InChI is InChI=1S/C13H16ClFN2O/c14-11-7-10(15)3-4-12(11)17-13(18)6-9-2-1-5-16-8-9/h3-4,7,9,16H,1-2,5-6,8H2,(H,17,18). The smallest absolute Gasteiger partial charge is 0.224 e. The second-order valence-corrected chi connectivity index (χ2v) is 5.00. The molecule has 98 valence electrons. The maximum atomic E-state index is 12.9. The van der Waals surface area contributed by atoms with Crippen LogP contribution in [0.5, 0.6) is 0 Å². The molecule has 0 spiro atoms. The zero-order valence-electron chi connectivity index (χ0n) is 10.0. The summed E-state index contributed by atoms with van der Waals surface area (Å²) in [6.07, 6.45) is 2.65. The third kappa shape index (κ3) is 3.68. The van der Waals surface area contributed by atoms with E-state index in [0.717, 1.165) is 25.9 Å². The van der Waals surface area contributed by atoms with E-state index in [1.54, 1.807) is 0 Å². The molecule has 0 aliphatic carbocycles. The summed E-state index contributed by atoms with van der Waals surface area (Å²) in [6.45, 7) is 1.91. The lowest BCUT2D eigenvalue weighted by atomic mass is 9.96. The van der Waals surface area contributed by atoms with Gasteiger partial charge < -0.3 is 10.6 Å². The van der Waals surface area contributed by atoms with Crippen LogP contribution in [0.25, 0.3) is 0 Å². The van der Waals surface area contributed by atoms with Crippen LogP contribution in [0.3, 0.4) is 0 Å². The van der Waals surface area contributed by atoms with Crippen LogP contribution < -0.4 is 10.6 Å². The van der Waals surface area contributed by atoms with Gasteiger partial charge in [0.1, 0.15) is 5.82 Å². The van der Waals surface area contributed by atoms with Crippen molar-refractivity contribution in [1.29, 1.82) is 0 Å². The second-order valence-electron chi connectivity index (χ2n) is 4.59. The molecule has 0 saturated carbocycles. The van der Waals surface area contributed by atoms with Crippen molar-refractivity contribution in [3.05, 3.63) is 29.0 Å². The average molecular weight is 271 g/mol. The summed E-state index contributed by atoms with van der Waals surface area (Å²) in [5, 5.41) is 6.21. The fraction of sp³-hybridized carbons (Fsp3) is 0.462. The Kier molecular flexibility index (Phi) is 4.55. The number of amides is 1. The highest BCUT2D eigenvalue weighted by atomic mass is 35.5. The maximum Gasteiger partial charge on any atom is 0.224 e. The summed E-state index contributed by atoms with van der Waals surface area (Å²) >= 11 is 5.85. The summed E-state index contributed by atoms with van der Waals surface area (Å²) < 4.78 is 12.9. The number of halogens is 2. The molecule has 1 heterocycles. The lowest BCUT2D eigenvalue weighted by Crippen LogP contribution is -2.32. The normalized spacial score (nSPS) is 19.6. The van der Waals surface area contributed by atoms with E-state index in [0.29, 0.717) is 18.0 Å². The summed E-state index contributed by atoms with van der Waals surface area (Å²) in [4.78, 5) is 11.8. The van der Waals surface area contributed by atoms with E-state index in [4.69, 9.17) is 11.6 Å². The minimum atomic E-state index is -0.408. The Morgan fingerprint density at radius 1 is 1.56 bits per heavy atom. The zero-order chi connectivity index (χ0) is 13.0. The lowest BCUT2D eigenvalue weighted by Gasteiger charge is -2.22. The van der Waals surface area contributed by atoms with Gasteiger partial charge in [0.05, 0.1) is 10.7 Å². The number of carbonyl (C=O) groups excluding carboxylic acids is 1. The molecule has 0 radical (unpaired) electrons. The van der Waals surface area contributed by atoms with Crippen LogP contribution in [0, 0.1) is 11.7 Å². The minimum Gasteiger partial charge on any atom is -0.325 e. The van der Waals surface area contributed by atoms with E-state index >= 15 is 0 Å². The van der Waals surface area contributed by atoms with E-state index in [-0.39, 0.29) is 10.9 Å². The van der Waals surface area contributed by atoms with Crippen LogP contribution in [-0.4, -0.2) is 19.0 Å². The number of anilines is 1. The van der Waals surface area contributed by atoms with Gasteiger partial charge in [-0.1, -0.05) is 11.6 Å². The van der Waals surface area contributed by atoms with E-state index < -0.39 is 5.82 Å². The van der Waals surface area contributed by atoms with Gasteiger partial charge in [-0.25, -0.2) is 4.39 Å². The van der Waals surface area contributed by atoms with E-state index in [1.807, 2.05) is 0 Å². The molecule has 18 heavy (non-hydrogen) atoms. The maximum absolute atomic E-state index is 12.9. The van der Waals surface area contributed by atoms with Crippen LogP contribution in [0.1, 0.15) is 19.3 Å². The molecule has 2 N–H and O–H groups in total. The SMILES string of the molecule is O=C(CC1CCCNC1)Nc1ccc(F)cc1Cl. The number of carbonyl (C=O) groups is 1. The molecular formula is C13H16ClFN2O. The Morgan fingerprint density at radius 2 is 2.39 bits per heavy atom. The van der Waals surface area contributed by atoms with Gasteiger partial charge in [0.25, 0.3) is 0 Å². The molecule has 0 bridgehead atoms. The fourth-order valence-electron chi connectivity index (χ4n) is 2.15. The molecule has 1 aromatic carbocycles. The van der Waals surface area contributed by atoms with Crippen LogP contribution in [-0.2, 0) is 4.79 Å². The highest BCUT2D eigenvalue weighted by Gasteiger charge is 2.17. The number of hydrogen-bond acceptors (Lipinski definition) is 2. The number of piperidine rings is 1. The Bertz CT molecular complexity index is 433. The van der Waals surface area contributed by atoms with Crippen molar-refractivity contribution < 1.29 is 9.18 Å². The van der Waals surface area contributed by atoms with Gasteiger partial charge in [-0.3, -0.25) is 4.79 Å². The van der Waals surface area contributed by atoms with Crippen molar-refractivity contribution in [2.24, 2.45) is 5.92 Å². The molecule has 1 aromatic rings. The number of rotatable bonds is 3. The third-order valence-corrected chi connectivity index (χ3v) is 3.39. The topological polar surface area (TPSA) is 41.1 Å². The molecule has 1 fully saturated rings. The first kappa shape index (κ1) is 13.3. The monoisotopic (exact) mass is 270 g/mol. The Balaban J connectivity index is 1.90. The van der Waals surface area contributed by atoms with Gasteiger partial charge in [0, 0.05) is 6.42 Å². The predicted octanol–water partition coefficient (Wildman–Crippen LogP) is 2.81. The molecule has 1 amide bonds. The molecule has 1 saturated heterocycles. The molecule has 3 nitrogen and oxygen atoms in total. The molecule has 2 rings (SSSR count). The van der Waals surface area contributed by atoms with Crippen LogP contribution in [0.2, 0.25) is 5.02 Å². The first-order valence-electron chi connectivity index (χ1n) is 6.11. The molecule has 1 atom stereocenters. The highest BCUT2D eigenvalue weighted by molar-refractivity contribution is 6.33. The lowest BCUT2D eigenvalue weighted by molar-refractivity contribution is -0.117. The second kappa shape index (κ2) is 6.16. The zero-order valence-corrected chi connectivity index (χ0v) is 10.8. The molecule has 1 unspecified atom stereocenters. The Morgan fingerprint density at radius 3 is 3.06 bits per heavy atom. The first-order chi connectivity index (χ1) is 8.65. The number of hydrogen-bond donors (Lipinski definition) is 2. The number of benzene rings is 1. The summed E-state index contributed by atoms with van der Waals surface area (Å²) in [5.41, 5.74) is 0.465. The largest absolute Gasteiger partial charge is 0.325 e. The molecule has 1 aliphatic heterocycles. The quantitative estimate of drug-likeness (QED) is 0.887. The van der Waals surface area contributed by atoms with Crippen LogP contribution in [0.4, 0.5) is 10.1 Å². The Labute approximate surface area is 111 Å².